The van der Waals surface area contributed by atoms with Gasteiger partial charge in [-0.3, -0.25) is 4.90 Å². The molecule has 1 aliphatic rings. The molecule has 0 amide bonds. The Labute approximate surface area is 120 Å². The minimum atomic E-state index is 0.563. The molecule has 20 heavy (non-hydrogen) atoms. The molecule has 0 aliphatic carbocycles. The topological polar surface area (TPSA) is 33.1 Å². The lowest BCUT2D eigenvalue weighted by molar-refractivity contribution is 0.274. The van der Waals surface area contributed by atoms with Crippen molar-refractivity contribution < 1.29 is 0 Å². The van der Waals surface area contributed by atoms with E-state index in [-0.39, 0.29) is 0 Å². The summed E-state index contributed by atoms with van der Waals surface area (Å²) in [6.07, 6.45) is 4.98. The van der Waals surface area contributed by atoms with Gasteiger partial charge in [0.1, 0.15) is 0 Å². The third kappa shape index (κ3) is 2.85. The van der Waals surface area contributed by atoms with Crippen LogP contribution in [0.4, 0.5) is 5.69 Å². The number of rotatable bonds is 4. The Bertz CT molecular complexity index is 530. The van der Waals surface area contributed by atoms with E-state index in [9.17, 15) is 0 Å². The molecule has 0 radical (unpaired) electrons. The second-order valence-electron chi connectivity index (χ2n) is 5.72. The summed E-state index contributed by atoms with van der Waals surface area (Å²) >= 11 is 0. The number of hydrogen-bond donors (Lipinski definition) is 1. The number of likely N-dealkylation sites (tertiary alicyclic amines) is 1. The van der Waals surface area contributed by atoms with Gasteiger partial charge in [0.2, 0.25) is 0 Å². The van der Waals surface area contributed by atoms with Crippen molar-refractivity contribution in [3.8, 4) is 5.69 Å². The van der Waals surface area contributed by atoms with Gasteiger partial charge in [-0.15, -0.1) is 0 Å². The fourth-order valence-corrected chi connectivity index (χ4v) is 2.74. The maximum atomic E-state index is 4.24. The van der Waals surface area contributed by atoms with Crippen LogP contribution in [0, 0.1) is 0 Å². The van der Waals surface area contributed by atoms with Gasteiger partial charge in [-0.1, -0.05) is 0 Å². The molecular formula is C16H22N4. The first kappa shape index (κ1) is 13.2. The molecule has 1 fully saturated rings. The van der Waals surface area contributed by atoms with Gasteiger partial charge >= 0.3 is 0 Å². The van der Waals surface area contributed by atoms with E-state index < -0.39 is 0 Å². The number of anilines is 1. The predicted molar refractivity (Wildman–Crippen MR) is 82.3 cm³/mol. The maximum Gasteiger partial charge on any atom is 0.0647 e. The quantitative estimate of drug-likeness (QED) is 0.927. The van der Waals surface area contributed by atoms with E-state index in [1.54, 1.807) is 6.20 Å². The van der Waals surface area contributed by atoms with Crippen molar-refractivity contribution in [3.05, 3.63) is 42.7 Å². The average molecular weight is 270 g/mol. The van der Waals surface area contributed by atoms with Crippen molar-refractivity contribution in [2.75, 3.05) is 18.4 Å². The maximum absolute atomic E-state index is 4.24. The molecule has 1 atom stereocenters. The molecule has 1 aromatic carbocycles. The number of aromatic nitrogens is 2. The van der Waals surface area contributed by atoms with Crippen molar-refractivity contribution in [1.29, 1.82) is 0 Å². The third-order valence-electron chi connectivity index (χ3n) is 3.96. The van der Waals surface area contributed by atoms with Gasteiger partial charge in [-0.25, -0.2) is 4.68 Å². The monoisotopic (exact) mass is 270 g/mol. The number of hydrogen-bond acceptors (Lipinski definition) is 3. The highest BCUT2D eigenvalue weighted by molar-refractivity contribution is 5.49. The first-order chi connectivity index (χ1) is 9.72. The van der Waals surface area contributed by atoms with Gasteiger partial charge in [-0.2, -0.15) is 5.10 Å². The highest BCUT2D eigenvalue weighted by atomic mass is 15.3. The Morgan fingerprint density at radius 3 is 2.65 bits per heavy atom. The number of nitrogens with one attached hydrogen (secondary N) is 1. The molecule has 4 heteroatoms. The zero-order valence-electron chi connectivity index (χ0n) is 12.2. The van der Waals surface area contributed by atoms with Gasteiger partial charge in [0.25, 0.3) is 0 Å². The van der Waals surface area contributed by atoms with Gasteiger partial charge in [0, 0.05) is 43.3 Å². The zero-order chi connectivity index (χ0) is 13.9. The Hall–Kier alpha value is -1.81. The van der Waals surface area contributed by atoms with Crippen LogP contribution in [0.1, 0.15) is 20.3 Å². The smallest absolute Gasteiger partial charge is 0.0647 e. The first-order valence-corrected chi connectivity index (χ1v) is 7.33. The molecule has 1 unspecified atom stereocenters. The summed E-state index contributed by atoms with van der Waals surface area (Å²) in [5, 5.41) is 7.87. The molecular weight excluding hydrogens is 248 g/mol. The van der Waals surface area contributed by atoms with Crippen LogP contribution in [-0.2, 0) is 0 Å². The normalized spacial score (nSPS) is 19.6. The lowest BCUT2D eigenvalue weighted by atomic mass is 10.2. The molecule has 1 saturated heterocycles. The van der Waals surface area contributed by atoms with Gasteiger partial charge < -0.3 is 5.32 Å². The summed E-state index contributed by atoms with van der Waals surface area (Å²) < 4.78 is 1.87. The minimum absolute atomic E-state index is 0.563. The van der Waals surface area contributed by atoms with Gasteiger partial charge in [-0.05, 0) is 50.6 Å². The predicted octanol–water partition coefficient (Wildman–Crippen LogP) is 2.77. The summed E-state index contributed by atoms with van der Waals surface area (Å²) in [7, 11) is 0. The standard InChI is InChI=1S/C16H22N4/c1-13(2)19-11-8-15(12-19)18-14-4-6-16(7-5-14)20-10-3-9-17-20/h3-7,9-10,13,15,18H,8,11-12H2,1-2H3. The first-order valence-electron chi connectivity index (χ1n) is 7.33. The molecule has 1 N–H and O–H groups in total. The molecule has 2 aromatic rings. The molecule has 0 saturated carbocycles. The zero-order valence-corrected chi connectivity index (χ0v) is 12.2. The summed E-state index contributed by atoms with van der Waals surface area (Å²) in [5.74, 6) is 0. The Kier molecular flexibility index (Phi) is 3.74. The molecule has 3 rings (SSSR count). The van der Waals surface area contributed by atoms with E-state index in [1.165, 1.54) is 18.7 Å². The lowest BCUT2D eigenvalue weighted by Crippen LogP contribution is -2.31. The average Bonchev–Trinajstić information content (AvgIpc) is 3.10. The highest BCUT2D eigenvalue weighted by Crippen LogP contribution is 2.19. The van der Waals surface area contributed by atoms with Gasteiger partial charge in [0.15, 0.2) is 0 Å². The summed E-state index contributed by atoms with van der Waals surface area (Å²) in [4.78, 5) is 2.52. The molecule has 1 aliphatic heterocycles. The van der Waals surface area contributed by atoms with Crippen molar-refractivity contribution >= 4 is 5.69 Å². The van der Waals surface area contributed by atoms with Crippen LogP contribution in [0.25, 0.3) is 5.69 Å². The summed E-state index contributed by atoms with van der Waals surface area (Å²) in [6, 6.07) is 11.6. The van der Waals surface area contributed by atoms with E-state index in [1.807, 2.05) is 16.9 Å². The number of nitrogens with zero attached hydrogens (tertiary/aromatic N) is 3. The van der Waals surface area contributed by atoms with E-state index in [4.69, 9.17) is 0 Å². The highest BCUT2D eigenvalue weighted by Gasteiger charge is 2.23. The van der Waals surface area contributed by atoms with E-state index in [2.05, 4.69) is 53.4 Å². The van der Waals surface area contributed by atoms with E-state index >= 15 is 0 Å². The molecule has 4 nitrogen and oxygen atoms in total. The van der Waals surface area contributed by atoms with Crippen LogP contribution in [0.3, 0.4) is 0 Å². The van der Waals surface area contributed by atoms with E-state index in [0.717, 1.165) is 12.2 Å². The third-order valence-corrected chi connectivity index (χ3v) is 3.96. The Morgan fingerprint density at radius 1 is 1.25 bits per heavy atom. The lowest BCUT2D eigenvalue weighted by Gasteiger charge is -2.21. The van der Waals surface area contributed by atoms with Crippen LogP contribution in [0.15, 0.2) is 42.7 Å². The van der Waals surface area contributed by atoms with Crippen molar-refractivity contribution in [2.24, 2.45) is 0 Å². The summed E-state index contributed by atoms with van der Waals surface area (Å²) in [5.41, 5.74) is 2.28. The molecule has 2 heterocycles. The number of benzene rings is 1. The van der Waals surface area contributed by atoms with Gasteiger partial charge in [0.05, 0.1) is 5.69 Å². The van der Waals surface area contributed by atoms with Crippen LogP contribution in [0.5, 0.6) is 0 Å². The molecule has 106 valence electrons. The molecule has 1 aromatic heterocycles. The van der Waals surface area contributed by atoms with Crippen molar-refractivity contribution in [3.63, 3.8) is 0 Å². The minimum Gasteiger partial charge on any atom is -0.381 e. The second kappa shape index (κ2) is 5.67. The second-order valence-corrected chi connectivity index (χ2v) is 5.72. The van der Waals surface area contributed by atoms with Crippen molar-refractivity contribution in [1.82, 2.24) is 14.7 Å². The molecule has 0 spiro atoms. The fraction of sp³-hybridized carbons (Fsp3) is 0.438. The van der Waals surface area contributed by atoms with Crippen LogP contribution in [-0.4, -0.2) is 39.9 Å². The van der Waals surface area contributed by atoms with Crippen molar-refractivity contribution in [2.45, 2.75) is 32.4 Å². The molecule has 0 bridgehead atoms. The van der Waals surface area contributed by atoms with E-state index in [0.29, 0.717) is 12.1 Å². The Balaban J connectivity index is 1.62. The van der Waals surface area contributed by atoms with Crippen LogP contribution in [0.2, 0.25) is 0 Å². The van der Waals surface area contributed by atoms with Crippen LogP contribution < -0.4 is 5.32 Å². The fourth-order valence-electron chi connectivity index (χ4n) is 2.74. The summed E-state index contributed by atoms with van der Waals surface area (Å²) in [6.45, 7) is 6.86. The Morgan fingerprint density at radius 2 is 2.05 bits per heavy atom. The SMILES string of the molecule is CC(C)N1CCC(Nc2ccc(-n3cccn3)cc2)C1. The largest absolute Gasteiger partial charge is 0.381 e. The van der Waals surface area contributed by atoms with Crippen LogP contribution >= 0.6 is 0 Å².